The maximum atomic E-state index is 6.13. The van der Waals surface area contributed by atoms with Gasteiger partial charge in [-0.2, -0.15) is 0 Å². The molecule has 0 aliphatic rings. The maximum absolute atomic E-state index is 6.13. The topological polar surface area (TPSA) is 95.4 Å². The lowest BCUT2D eigenvalue weighted by molar-refractivity contribution is 0.912. The highest BCUT2D eigenvalue weighted by atomic mass is 35.5. The molecule has 3 aromatic heterocycles. The number of benzene rings is 1. The monoisotopic (exact) mass is 397 g/mol. The van der Waals surface area contributed by atoms with E-state index in [1.54, 1.807) is 35.4 Å². The zero-order valence-corrected chi connectivity index (χ0v) is 15.6. The van der Waals surface area contributed by atoms with Crippen molar-refractivity contribution in [2.45, 2.75) is 6.92 Å². The van der Waals surface area contributed by atoms with Crippen molar-refractivity contribution in [1.29, 1.82) is 0 Å². The number of nitrogens with zero attached hydrogens (tertiary/aromatic N) is 6. The highest BCUT2D eigenvalue weighted by Crippen LogP contribution is 2.28. The van der Waals surface area contributed by atoms with Crippen LogP contribution >= 0.6 is 23.2 Å². The SMILES string of the molecule is Cc1cc(-c2ccc(Cl)c(Cl)c2)nc(-n2cnc(-c3cnc(N)nc3)c2)n1. The van der Waals surface area contributed by atoms with Crippen LogP contribution in [0.25, 0.3) is 28.5 Å². The van der Waals surface area contributed by atoms with E-state index in [1.807, 2.05) is 25.3 Å². The Bertz CT molecular complexity index is 1120. The molecule has 4 rings (SSSR count). The molecule has 4 aromatic rings. The van der Waals surface area contributed by atoms with Crippen molar-refractivity contribution >= 4 is 29.2 Å². The second-order valence-electron chi connectivity index (χ2n) is 5.82. The molecule has 27 heavy (non-hydrogen) atoms. The molecule has 0 spiro atoms. The lowest BCUT2D eigenvalue weighted by atomic mass is 10.1. The number of nitrogen functional groups attached to an aromatic ring is 1. The molecule has 0 radical (unpaired) electrons. The van der Waals surface area contributed by atoms with Gasteiger partial charge in [-0.1, -0.05) is 29.3 Å². The summed E-state index contributed by atoms with van der Waals surface area (Å²) >= 11 is 12.1. The minimum Gasteiger partial charge on any atom is -0.368 e. The van der Waals surface area contributed by atoms with Gasteiger partial charge in [-0.05, 0) is 25.1 Å². The Morgan fingerprint density at radius 1 is 0.889 bits per heavy atom. The summed E-state index contributed by atoms with van der Waals surface area (Å²) in [6.07, 6.45) is 6.68. The first-order chi connectivity index (χ1) is 13.0. The van der Waals surface area contributed by atoms with Crippen molar-refractivity contribution in [2.24, 2.45) is 0 Å². The maximum Gasteiger partial charge on any atom is 0.235 e. The first-order valence-electron chi connectivity index (χ1n) is 7.93. The van der Waals surface area contributed by atoms with Gasteiger partial charge in [0.05, 0.1) is 21.4 Å². The Balaban J connectivity index is 1.73. The number of anilines is 1. The van der Waals surface area contributed by atoms with Gasteiger partial charge in [0.2, 0.25) is 11.9 Å². The van der Waals surface area contributed by atoms with E-state index in [9.17, 15) is 0 Å². The van der Waals surface area contributed by atoms with Crippen LogP contribution in [0.1, 0.15) is 5.69 Å². The van der Waals surface area contributed by atoms with Crippen LogP contribution in [-0.4, -0.2) is 29.5 Å². The average molecular weight is 398 g/mol. The third-order valence-corrected chi connectivity index (χ3v) is 4.58. The molecule has 0 aliphatic carbocycles. The van der Waals surface area contributed by atoms with Crippen molar-refractivity contribution in [3.05, 3.63) is 64.9 Å². The number of halogens is 2. The largest absolute Gasteiger partial charge is 0.368 e. The lowest BCUT2D eigenvalue weighted by Crippen LogP contribution is -2.01. The molecular formula is C18H13Cl2N7. The molecule has 134 valence electrons. The van der Waals surface area contributed by atoms with Gasteiger partial charge in [-0.25, -0.2) is 24.9 Å². The van der Waals surface area contributed by atoms with Crippen LogP contribution in [0, 0.1) is 6.92 Å². The van der Waals surface area contributed by atoms with Gasteiger partial charge >= 0.3 is 0 Å². The molecular weight excluding hydrogens is 385 g/mol. The van der Waals surface area contributed by atoms with Crippen LogP contribution in [0.3, 0.4) is 0 Å². The standard InChI is InChI=1S/C18H13Cl2N7/c1-10-4-15(11-2-3-13(19)14(20)5-11)26-18(25-10)27-8-16(24-9-27)12-6-22-17(21)23-7-12/h2-9H,1H3,(H2,21,22,23). The minimum absolute atomic E-state index is 0.214. The number of nitrogens with two attached hydrogens (primary N) is 1. The fourth-order valence-corrected chi connectivity index (χ4v) is 2.82. The molecule has 0 fully saturated rings. The molecule has 0 saturated carbocycles. The van der Waals surface area contributed by atoms with E-state index in [2.05, 4.69) is 24.9 Å². The molecule has 0 atom stereocenters. The summed E-state index contributed by atoms with van der Waals surface area (Å²) in [5.41, 5.74) is 9.37. The molecule has 0 bridgehead atoms. The molecule has 9 heteroatoms. The molecule has 7 nitrogen and oxygen atoms in total. The van der Waals surface area contributed by atoms with Crippen molar-refractivity contribution in [3.63, 3.8) is 0 Å². The Kier molecular flexibility index (Phi) is 4.47. The summed E-state index contributed by atoms with van der Waals surface area (Å²) in [5.74, 6) is 0.706. The van der Waals surface area contributed by atoms with Crippen molar-refractivity contribution in [1.82, 2.24) is 29.5 Å². The predicted molar refractivity (Wildman–Crippen MR) is 105 cm³/mol. The Labute approximate surface area is 164 Å². The Morgan fingerprint density at radius 3 is 2.41 bits per heavy atom. The highest BCUT2D eigenvalue weighted by Gasteiger charge is 2.10. The van der Waals surface area contributed by atoms with Gasteiger partial charge in [0.15, 0.2) is 0 Å². The molecule has 1 aromatic carbocycles. The molecule has 0 amide bonds. The molecule has 3 heterocycles. The van der Waals surface area contributed by atoms with E-state index >= 15 is 0 Å². The molecule has 2 N–H and O–H groups in total. The third kappa shape index (κ3) is 3.60. The van der Waals surface area contributed by atoms with Gasteiger partial charge in [0.1, 0.15) is 6.33 Å². The number of imidazole rings is 1. The summed E-state index contributed by atoms with van der Waals surface area (Å²) in [5, 5.41) is 0.969. The quantitative estimate of drug-likeness (QED) is 0.561. The Morgan fingerprint density at radius 2 is 1.67 bits per heavy atom. The van der Waals surface area contributed by atoms with Crippen LogP contribution in [0.15, 0.2) is 49.2 Å². The molecule has 0 aliphatic heterocycles. The number of hydrogen-bond acceptors (Lipinski definition) is 6. The van der Waals surface area contributed by atoms with E-state index in [1.165, 1.54) is 0 Å². The summed E-state index contributed by atoms with van der Waals surface area (Å²) in [7, 11) is 0. The van der Waals surface area contributed by atoms with E-state index < -0.39 is 0 Å². The van der Waals surface area contributed by atoms with Crippen LogP contribution in [0.2, 0.25) is 10.0 Å². The molecule has 0 unspecified atom stereocenters. The zero-order chi connectivity index (χ0) is 19.0. The number of rotatable bonds is 3. The van der Waals surface area contributed by atoms with Crippen molar-refractivity contribution < 1.29 is 0 Å². The van der Waals surface area contributed by atoms with E-state index in [0.29, 0.717) is 21.7 Å². The summed E-state index contributed by atoms with van der Waals surface area (Å²) in [4.78, 5) is 21.5. The fraction of sp³-hybridized carbons (Fsp3) is 0.0556. The number of aromatic nitrogens is 6. The first-order valence-corrected chi connectivity index (χ1v) is 8.68. The number of aryl methyl sites for hydroxylation is 1. The summed E-state index contributed by atoms with van der Waals surface area (Å²) in [6, 6.07) is 7.27. The average Bonchev–Trinajstić information content (AvgIpc) is 3.14. The first kappa shape index (κ1) is 17.4. The van der Waals surface area contributed by atoms with E-state index in [-0.39, 0.29) is 5.95 Å². The third-order valence-electron chi connectivity index (χ3n) is 3.84. The van der Waals surface area contributed by atoms with Gasteiger partial charge in [-0.15, -0.1) is 0 Å². The minimum atomic E-state index is 0.214. The Hall–Kier alpha value is -3.03. The summed E-state index contributed by atoms with van der Waals surface area (Å²) < 4.78 is 1.74. The van der Waals surface area contributed by atoms with Crippen LogP contribution in [-0.2, 0) is 0 Å². The van der Waals surface area contributed by atoms with Crippen LogP contribution < -0.4 is 5.73 Å². The number of hydrogen-bond donors (Lipinski definition) is 1. The molecule has 0 saturated heterocycles. The summed E-state index contributed by atoms with van der Waals surface area (Å²) in [6.45, 7) is 1.90. The van der Waals surface area contributed by atoms with Crippen LogP contribution in [0.5, 0.6) is 0 Å². The highest BCUT2D eigenvalue weighted by molar-refractivity contribution is 6.42. The van der Waals surface area contributed by atoms with Gasteiger partial charge in [-0.3, -0.25) is 4.57 Å². The zero-order valence-electron chi connectivity index (χ0n) is 14.1. The van der Waals surface area contributed by atoms with Crippen LogP contribution in [0.4, 0.5) is 5.95 Å². The van der Waals surface area contributed by atoms with Gasteiger partial charge in [0.25, 0.3) is 0 Å². The van der Waals surface area contributed by atoms with Crippen molar-refractivity contribution in [3.8, 4) is 28.5 Å². The van der Waals surface area contributed by atoms with Gasteiger partial charge < -0.3 is 5.73 Å². The van der Waals surface area contributed by atoms with E-state index in [4.69, 9.17) is 28.9 Å². The lowest BCUT2D eigenvalue weighted by Gasteiger charge is -2.07. The predicted octanol–water partition coefficient (Wildman–Crippen LogP) is 3.98. The van der Waals surface area contributed by atoms with Crippen molar-refractivity contribution in [2.75, 3.05) is 5.73 Å². The fourth-order valence-electron chi connectivity index (χ4n) is 2.52. The van der Waals surface area contributed by atoms with Gasteiger partial charge in [0, 0.05) is 35.4 Å². The second-order valence-corrected chi connectivity index (χ2v) is 6.63. The second kappa shape index (κ2) is 6.94. The van der Waals surface area contributed by atoms with E-state index in [0.717, 1.165) is 22.5 Å². The normalized spacial score (nSPS) is 10.9. The smallest absolute Gasteiger partial charge is 0.235 e.